The first-order valence-corrected chi connectivity index (χ1v) is 4.76. The summed E-state index contributed by atoms with van der Waals surface area (Å²) in [5.74, 6) is -0.00838. The van der Waals surface area contributed by atoms with Crippen LogP contribution in [-0.4, -0.2) is 10.1 Å². The van der Waals surface area contributed by atoms with Gasteiger partial charge in [-0.2, -0.15) is 0 Å². The molecule has 0 amide bonds. The Balaban J connectivity index is 2.86. The van der Waals surface area contributed by atoms with Gasteiger partial charge in [-0.05, 0) is 31.4 Å². The Hall–Kier alpha value is -0.960. The molecule has 0 aliphatic carbocycles. The van der Waals surface area contributed by atoms with E-state index in [2.05, 4.69) is 4.98 Å². The summed E-state index contributed by atoms with van der Waals surface area (Å²) in [6, 6.07) is 2.84. The first-order valence-electron chi connectivity index (χ1n) is 4.76. The van der Waals surface area contributed by atoms with Crippen molar-refractivity contribution in [2.45, 2.75) is 32.8 Å². The van der Waals surface area contributed by atoms with Crippen LogP contribution in [0, 0.1) is 11.7 Å². The van der Waals surface area contributed by atoms with Crippen LogP contribution in [0.2, 0.25) is 0 Å². The summed E-state index contributed by atoms with van der Waals surface area (Å²) in [6.45, 7) is 5.75. The standard InChI is InChI=1S/C11H16FNO/c1-8(2)6-11(3,14)10-5-4-9(12)7-13-10/h4-5,7-8,14H,6H2,1-3H3. The Morgan fingerprint density at radius 3 is 2.57 bits per heavy atom. The van der Waals surface area contributed by atoms with Crippen LogP contribution in [0.1, 0.15) is 32.9 Å². The third kappa shape index (κ3) is 2.77. The van der Waals surface area contributed by atoms with Crippen molar-refractivity contribution in [3.8, 4) is 0 Å². The van der Waals surface area contributed by atoms with Crippen LogP contribution in [0.5, 0.6) is 0 Å². The lowest BCUT2D eigenvalue weighted by molar-refractivity contribution is 0.0304. The van der Waals surface area contributed by atoms with Crippen molar-refractivity contribution in [3.63, 3.8) is 0 Å². The van der Waals surface area contributed by atoms with Crippen LogP contribution in [-0.2, 0) is 5.60 Å². The van der Waals surface area contributed by atoms with E-state index in [1.54, 1.807) is 6.92 Å². The van der Waals surface area contributed by atoms with Crippen LogP contribution < -0.4 is 0 Å². The highest BCUT2D eigenvalue weighted by molar-refractivity contribution is 5.12. The molecule has 0 spiro atoms. The van der Waals surface area contributed by atoms with Crippen molar-refractivity contribution in [3.05, 3.63) is 29.8 Å². The van der Waals surface area contributed by atoms with Gasteiger partial charge in [-0.1, -0.05) is 13.8 Å². The Labute approximate surface area is 83.8 Å². The average molecular weight is 197 g/mol. The second kappa shape index (κ2) is 4.05. The minimum atomic E-state index is -0.970. The molecule has 0 radical (unpaired) electrons. The summed E-state index contributed by atoms with van der Waals surface area (Å²) in [6.07, 6.45) is 1.75. The fraction of sp³-hybridized carbons (Fsp3) is 0.545. The molecule has 0 saturated heterocycles. The van der Waals surface area contributed by atoms with Crippen molar-refractivity contribution < 1.29 is 9.50 Å². The van der Waals surface area contributed by atoms with Gasteiger partial charge in [0.05, 0.1) is 11.9 Å². The van der Waals surface area contributed by atoms with Crippen LogP contribution in [0.15, 0.2) is 18.3 Å². The molecule has 2 nitrogen and oxygen atoms in total. The van der Waals surface area contributed by atoms with Crippen LogP contribution in [0.25, 0.3) is 0 Å². The van der Waals surface area contributed by atoms with E-state index < -0.39 is 5.60 Å². The zero-order chi connectivity index (χ0) is 10.8. The molecule has 1 atom stereocenters. The summed E-state index contributed by atoms with van der Waals surface area (Å²) in [7, 11) is 0. The number of aliphatic hydroxyl groups is 1. The summed E-state index contributed by atoms with van der Waals surface area (Å²) >= 11 is 0. The van der Waals surface area contributed by atoms with Crippen molar-refractivity contribution in [1.29, 1.82) is 0 Å². The monoisotopic (exact) mass is 197 g/mol. The molecule has 0 aliphatic rings. The Bertz CT molecular complexity index is 293. The molecular weight excluding hydrogens is 181 g/mol. The number of aromatic nitrogens is 1. The third-order valence-corrected chi connectivity index (χ3v) is 2.08. The highest BCUT2D eigenvalue weighted by atomic mass is 19.1. The highest BCUT2D eigenvalue weighted by Crippen LogP contribution is 2.26. The van der Waals surface area contributed by atoms with E-state index in [0.29, 0.717) is 18.0 Å². The predicted octanol–water partition coefficient (Wildman–Crippen LogP) is 2.47. The predicted molar refractivity (Wildman–Crippen MR) is 53.2 cm³/mol. The smallest absolute Gasteiger partial charge is 0.141 e. The van der Waals surface area contributed by atoms with E-state index in [0.717, 1.165) is 6.20 Å². The fourth-order valence-electron chi connectivity index (χ4n) is 1.59. The van der Waals surface area contributed by atoms with Gasteiger partial charge in [0.2, 0.25) is 0 Å². The number of hydrogen-bond donors (Lipinski definition) is 1. The molecule has 0 bridgehead atoms. The van der Waals surface area contributed by atoms with Gasteiger partial charge < -0.3 is 5.11 Å². The largest absolute Gasteiger partial charge is 0.384 e. The van der Waals surface area contributed by atoms with Crippen LogP contribution >= 0.6 is 0 Å². The molecule has 0 aromatic carbocycles. The molecule has 1 heterocycles. The van der Waals surface area contributed by atoms with E-state index in [-0.39, 0.29) is 5.82 Å². The van der Waals surface area contributed by atoms with Crippen LogP contribution in [0.4, 0.5) is 4.39 Å². The van der Waals surface area contributed by atoms with E-state index in [1.165, 1.54) is 12.1 Å². The molecule has 3 heteroatoms. The van der Waals surface area contributed by atoms with Crippen molar-refractivity contribution in [2.75, 3.05) is 0 Å². The first kappa shape index (κ1) is 11.1. The summed E-state index contributed by atoms with van der Waals surface area (Å²) in [5.41, 5.74) is -0.449. The lowest BCUT2D eigenvalue weighted by Crippen LogP contribution is -2.24. The molecule has 1 rings (SSSR count). The Kier molecular flexibility index (Phi) is 3.21. The third-order valence-electron chi connectivity index (χ3n) is 2.08. The second-order valence-electron chi connectivity index (χ2n) is 4.23. The first-order chi connectivity index (χ1) is 6.42. The zero-order valence-electron chi connectivity index (χ0n) is 8.79. The van der Waals surface area contributed by atoms with Crippen molar-refractivity contribution in [1.82, 2.24) is 4.98 Å². The average Bonchev–Trinajstić information content (AvgIpc) is 2.02. The van der Waals surface area contributed by atoms with Gasteiger partial charge in [0.25, 0.3) is 0 Å². The van der Waals surface area contributed by atoms with E-state index >= 15 is 0 Å². The number of halogens is 1. The highest BCUT2D eigenvalue weighted by Gasteiger charge is 2.25. The lowest BCUT2D eigenvalue weighted by atomic mass is 9.91. The SMILES string of the molecule is CC(C)CC(C)(O)c1ccc(F)cn1. The summed E-state index contributed by atoms with van der Waals surface area (Å²) in [4.78, 5) is 3.88. The van der Waals surface area contributed by atoms with Gasteiger partial charge in [0.1, 0.15) is 11.4 Å². The lowest BCUT2D eigenvalue weighted by Gasteiger charge is -2.24. The van der Waals surface area contributed by atoms with Gasteiger partial charge >= 0.3 is 0 Å². The summed E-state index contributed by atoms with van der Waals surface area (Å²) in [5, 5.41) is 10.1. The van der Waals surface area contributed by atoms with Gasteiger partial charge in [0.15, 0.2) is 0 Å². The van der Waals surface area contributed by atoms with Gasteiger partial charge in [-0.15, -0.1) is 0 Å². The molecular formula is C11H16FNO. The molecule has 1 aromatic rings. The van der Waals surface area contributed by atoms with E-state index in [9.17, 15) is 9.50 Å². The Morgan fingerprint density at radius 2 is 2.14 bits per heavy atom. The van der Waals surface area contributed by atoms with E-state index in [1.807, 2.05) is 13.8 Å². The van der Waals surface area contributed by atoms with Crippen LogP contribution in [0.3, 0.4) is 0 Å². The molecule has 0 fully saturated rings. The fourth-order valence-corrected chi connectivity index (χ4v) is 1.59. The maximum Gasteiger partial charge on any atom is 0.141 e. The molecule has 0 aliphatic heterocycles. The Morgan fingerprint density at radius 1 is 1.50 bits per heavy atom. The topological polar surface area (TPSA) is 33.1 Å². The van der Waals surface area contributed by atoms with Crippen molar-refractivity contribution in [2.24, 2.45) is 5.92 Å². The normalized spacial score (nSPS) is 15.6. The molecule has 1 aromatic heterocycles. The number of hydrogen-bond acceptors (Lipinski definition) is 2. The minimum Gasteiger partial charge on any atom is -0.384 e. The maximum absolute atomic E-state index is 12.6. The van der Waals surface area contributed by atoms with E-state index in [4.69, 9.17) is 0 Å². The van der Waals surface area contributed by atoms with Gasteiger partial charge in [-0.3, -0.25) is 4.98 Å². The van der Waals surface area contributed by atoms with Crippen molar-refractivity contribution >= 4 is 0 Å². The molecule has 14 heavy (non-hydrogen) atoms. The number of nitrogens with zero attached hydrogens (tertiary/aromatic N) is 1. The number of pyridine rings is 1. The molecule has 1 unspecified atom stereocenters. The molecule has 78 valence electrons. The molecule has 1 N–H and O–H groups in total. The molecule has 0 saturated carbocycles. The summed E-state index contributed by atoms with van der Waals surface area (Å²) < 4.78 is 12.6. The quantitative estimate of drug-likeness (QED) is 0.807. The maximum atomic E-state index is 12.6. The van der Waals surface area contributed by atoms with Gasteiger partial charge in [-0.25, -0.2) is 4.39 Å². The number of rotatable bonds is 3. The second-order valence-corrected chi connectivity index (χ2v) is 4.23. The zero-order valence-corrected chi connectivity index (χ0v) is 8.79. The van der Waals surface area contributed by atoms with Gasteiger partial charge in [0, 0.05) is 0 Å². The minimum absolute atomic E-state index is 0.372.